The smallest absolute Gasteiger partial charge is 0.251 e. The largest absolute Gasteiger partial charge is 0.508 e. The van der Waals surface area contributed by atoms with Crippen LogP contribution in [0.2, 0.25) is 0 Å². The van der Waals surface area contributed by atoms with E-state index in [1.807, 2.05) is 36.4 Å². The number of amides is 1. The maximum absolute atomic E-state index is 12.0. The highest BCUT2D eigenvalue weighted by Crippen LogP contribution is 2.24. The van der Waals surface area contributed by atoms with Gasteiger partial charge in [-0.2, -0.15) is 0 Å². The van der Waals surface area contributed by atoms with Gasteiger partial charge >= 0.3 is 0 Å². The van der Waals surface area contributed by atoms with Crippen molar-refractivity contribution >= 4 is 5.91 Å². The van der Waals surface area contributed by atoms with Crippen LogP contribution < -0.4 is 5.32 Å². The fraction of sp³-hybridized carbons (Fsp3) is 0.188. The molecular weight excluding hydrogens is 238 g/mol. The quantitative estimate of drug-likeness (QED) is 0.883. The highest BCUT2D eigenvalue weighted by molar-refractivity contribution is 5.95. The summed E-state index contributed by atoms with van der Waals surface area (Å²) < 4.78 is 0. The van der Waals surface area contributed by atoms with Crippen molar-refractivity contribution in [3.63, 3.8) is 0 Å². The van der Waals surface area contributed by atoms with Crippen molar-refractivity contribution < 1.29 is 9.90 Å². The van der Waals surface area contributed by atoms with Gasteiger partial charge in [-0.15, -0.1) is 0 Å². The standard InChI is InChI=1S/C16H15NO2/c18-15-8-4-11(5-9-15)12-2-1-3-13(10-12)16(19)17-14-6-7-14/h1-5,8-10,14,18H,6-7H2,(H,17,19). The van der Waals surface area contributed by atoms with E-state index in [1.165, 1.54) is 0 Å². The van der Waals surface area contributed by atoms with Gasteiger partial charge in [0, 0.05) is 11.6 Å². The van der Waals surface area contributed by atoms with Crippen molar-refractivity contribution in [1.29, 1.82) is 0 Å². The molecule has 0 atom stereocenters. The SMILES string of the molecule is O=C(NC1CC1)c1cccc(-c2ccc(O)cc2)c1. The van der Waals surface area contributed by atoms with Gasteiger partial charge in [-0.1, -0.05) is 24.3 Å². The summed E-state index contributed by atoms with van der Waals surface area (Å²) in [6, 6.07) is 14.9. The number of phenolic OH excluding ortho intramolecular Hbond substituents is 1. The summed E-state index contributed by atoms with van der Waals surface area (Å²) in [6.07, 6.45) is 2.17. The third kappa shape index (κ3) is 2.76. The zero-order valence-corrected chi connectivity index (χ0v) is 10.5. The number of aromatic hydroxyl groups is 1. The zero-order valence-electron chi connectivity index (χ0n) is 10.5. The van der Waals surface area contributed by atoms with E-state index in [0.717, 1.165) is 24.0 Å². The molecule has 3 heteroatoms. The van der Waals surface area contributed by atoms with Crippen molar-refractivity contribution in [2.24, 2.45) is 0 Å². The predicted molar refractivity (Wildman–Crippen MR) is 74.0 cm³/mol. The molecule has 0 aliphatic heterocycles. The summed E-state index contributed by atoms with van der Waals surface area (Å²) in [7, 11) is 0. The first kappa shape index (κ1) is 11.8. The first-order valence-electron chi connectivity index (χ1n) is 6.43. The minimum atomic E-state index is -0.0110. The Morgan fingerprint density at radius 1 is 1.05 bits per heavy atom. The number of hydrogen-bond acceptors (Lipinski definition) is 2. The van der Waals surface area contributed by atoms with E-state index in [4.69, 9.17) is 0 Å². The minimum Gasteiger partial charge on any atom is -0.508 e. The molecule has 0 aromatic heterocycles. The second-order valence-electron chi connectivity index (χ2n) is 4.88. The third-order valence-electron chi connectivity index (χ3n) is 3.24. The van der Waals surface area contributed by atoms with E-state index in [1.54, 1.807) is 12.1 Å². The Balaban J connectivity index is 1.86. The summed E-state index contributed by atoms with van der Waals surface area (Å²) in [6.45, 7) is 0. The van der Waals surface area contributed by atoms with Gasteiger partial charge in [0.05, 0.1) is 0 Å². The van der Waals surface area contributed by atoms with Crippen LogP contribution in [0.3, 0.4) is 0 Å². The molecule has 2 aromatic rings. The van der Waals surface area contributed by atoms with Crippen LogP contribution in [0.15, 0.2) is 48.5 Å². The Bertz CT molecular complexity index is 600. The van der Waals surface area contributed by atoms with Crippen LogP contribution in [-0.4, -0.2) is 17.1 Å². The molecule has 19 heavy (non-hydrogen) atoms. The van der Waals surface area contributed by atoms with Gasteiger partial charge in [0.2, 0.25) is 0 Å². The number of rotatable bonds is 3. The van der Waals surface area contributed by atoms with Crippen molar-refractivity contribution in [3.05, 3.63) is 54.1 Å². The van der Waals surface area contributed by atoms with E-state index in [0.29, 0.717) is 11.6 Å². The Morgan fingerprint density at radius 2 is 1.79 bits per heavy atom. The average molecular weight is 253 g/mol. The Hall–Kier alpha value is -2.29. The summed E-state index contributed by atoms with van der Waals surface area (Å²) in [4.78, 5) is 12.0. The van der Waals surface area contributed by atoms with Gasteiger partial charge < -0.3 is 10.4 Å². The van der Waals surface area contributed by atoms with Crippen molar-refractivity contribution in [3.8, 4) is 16.9 Å². The lowest BCUT2D eigenvalue weighted by molar-refractivity contribution is 0.0951. The van der Waals surface area contributed by atoms with Gasteiger partial charge in [-0.25, -0.2) is 0 Å². The van der Waals surface area contributed by atoms with E-state index < -0.39 is 0 Å². The van der Waals surface area contributed by atoms with Gasteiger partial charge in [0.25, 0.3) is 5.91 Å². The number of nitrogens with one attached hydrogen (secondary N) is 1. The molecule has 96 valence electrons. The van der Waals surface area contributed by atoms with Crippen LogP contribution in [0.5, 0.6) is 5.75 Å². The molecule has 2 aromatic carbocycles. The number of benzene rings is 2. The molecule has 1 amide bonds. The molecule has 0 saturated heterocycles. The van der Waals surface area contributed by atoms with E-state index in [2.05, 4.69) is 5.32 Å². The molecule has 0 bridgehead atoms. The first-order valence-corrected chi connectivity index (χ1v) is 6.43. The summed E-state index contributed by atoms with van der Waals surface area (Å²) >= 11 is 0. The number of phenols is 1. The van der Waals surface area contributed by atoms with E-state index in [9.17, 15) is 9.90 Å². The molecule has 1 aliphatic carbocycles. The van der Waals surface area contributed by atoms with Crippen molar-refractivity contribution in [2.75, 3.05) is 0 Å². The van der Waals surface area contributed by atoms with Crippen molar-refractivity contribution in [2.45, 2.75) is 18.9 Å². The zero-order chi connectivity index (χ0) is 13.2. The normalized spacial score (nSPS) is 14.1. The Labute approximate surface area is 111 Å². The van der Waals surface area contributed by atoms with E-state index >= 15 is 0 Å². The Morgan fingerprint density at radius 3 is 2.47 bits per heavy atom. The van der Waals surface area contributed by atoms with Gasteiger partial charge in [-0.3, -0.25) is 4.79 Å². The molecule has 0 radical (unpaired) electrons. The van der Waals surface area contributed by atoms with Crippen LogP contribution in [0.1, 0.15) is 23.2 Å². The average Bonchev–Trinajstić information content (AvgIpc) is 3.24. The fourth-order valence-corrected chi connectivity index (χ4v) is 1.99. The summed E-state index contributed by atoms with van der Waals surface area (Å²) in [5, 5.41) is 12.3. The topological polar surface area (TPSA) is 49.3 Å². The summed E-state index contributed by atoms with van der Waals surface area (Å²) in [5.41, 5.74) is 2.64. The molecule has 1 aliphatic rings. The third-order valence-corrected chi connectivity index (χ3v) is 3.24. The fourth-order valence-electron chi connectivity index (χ4n) is 1.99. The molecule has 3 nitrogen and oxygen atoms in total. The lowest BCUT2D eigenvalue weighted by Gasteiger charge is -2.06. The lowest BCUT2D eigenvalue weighted by Crippen LogP contribution is -2.25. The van der Waals surface area contributed by atoms with Crippen LogP contribution in [0.4, 0.5) is 0 Å². The van der Waals surface area contributed by atoms with E-state index in [-0.39, 0.29) is 11.7 Å². The van der Waals surface area contributed by atoms with Crippen LogP contribution >= 0.6 is 0 Å². The predicted octanol–water partition coefficient (Wildman–Crippen LogP) is 2.95. The number of carbonyl (C=O) groups excluding carboxylic acids is 1. The second-order valence-corrected chi connectivity index (χ2v) is 4.88. The minimum absolute atomic E-state index is 0.0110. The molecule has 2 N–H and O–H groups in total. The highest BCUT2D eigenvalue weighted by Gasteiger charge is 2.23. The lowest BCUT2D eigenvalue weighted by atomic mass is 10.0. The monoisotopic (exact) mass is 253 g/mol. The molecule has 0 spiro atoms. The number of carbonyl (C=O) groups is 1. The molecule has 0 unspecified atom stereocenters. The van der Waals surface area contributed by atoms with Crippen LogP contribution in [0, 0.1) is 0 Å². The highest BCUT2D eigenvalue weighted by atomic mass is 16.3. The first-order chi connectivity index (χ1) is 9.22. The van der Waals surface area contributed by atoms with Crippen LogP contribution in [0.25, 0.3) is 11.1 Å². The molecule has 3 rings (SSSR count). The van der Waals surface area contributed by atoms with Gasteiger partial charge in [0.1, 0.15) is 5.75 Å². The molecular formula is C16H15NO2. The Kier molecular flexibility index (Phi) is 2.95. The van der Waals surface area contributed by atoms with Gasteiger partial charge in [0.15, 0.2) is 0 Å². The second kappa shape index (κ2) is 4.76. The summed E-state index contributed by atoms with van der Waals surface area (Å²) in [5.74, 6) is 0.231. The maximum atomic E-state index is 12.0. The maximum Gasteiger partial charge on any atom is 0.251 e. The van der Waals surface area contributed by atoms with Gasteiger partial charge in [-0.05, 0) is 48.2 Å². The van der Waals surface area contributed by atoms with Crippen molar-refractivity contribution in [1.82, 2.24) is 5.32 Å². The number of hydrogen-bond donors (Lipinski definition) is 2. The van der Waals surface area contributed by atoms with Crippen LogP contribution in [-0.2, 0) is 0 Å². The molecule has 1 saturated carbocycles. The molecule has 0 heterocycles. The molecule has 1 fully saturated rings.